The van der Waals surface area contributed by atoms with Crippen molar-refractivity contribution in [2.24, 2.45) is 29.1 Å². The lowest BCUT2D eigenvalue weighted by atomic mass is 9.45. The van der Waals surface area contributed by atoms with Crippen LogP contribution in [0.1, 0.15) is 59.7 Å². The number of benzene rings is 3. The number of rotatable bonds is 6. The number of nitrogens with zero attached hydrogens (tertiary/aromatic N) is 1. The van der Waals surface area contributed by atoms with Gasteiger partial charge in [-0.1, -0.05) is 48.3 Å². The number of halogens is 2. The summed E-state index contributed by atoms with van der Waals surface area (Å²) in [5.74, 6) is 3.51. The average molecular weight is 585 g/mol. The molecule has 4 aromatic rings. The van der Waals surface area contributed by atoms with E-state index < -0.39 is 0 Å². The molecule has 2 N–H and O–H groups in total. The summed E-state index contributed by atoms with van der Waals surface area (Å²) >= 11 is 12.0. The van der Waals surface area contributed by atoms with Crippen LogP contribution in [-0.4, -0.2) is 21.7 Å². The van der Waals surface area contributed by atoms with Crippen LogP contribution in [0.3, 0.4) is 0 Å². The second-order valence-electron chi connectivity index (χ2n) is 12.5. The standard InChI is InChI=1S/C34H31Cl2N3O2/c1-34-17-19-12-20(18-34)14-24(13-19)26(34)8-11-31(40)23-6-10-29-30(15-23)39-32(38-29)21-2-4-22(5-3-21)33(41)37-25-7-9-27(35)28(36)16-25/h2-11,15-16,19-20,24,26H,12-14,17-18H2,1H3,(H,37,41)(H,38,39)/b11-8-/t19-,20+,24?,26?,34?. The van der Waals surface area contributed by atoms with Crippen molar-refractivity contribution >= 4 is 51.6 Å². The average Bonchev–Trinajstić information content (AvgIpc) is 3.37. The van der Waals surface area contributed by atoms with Crippen LogP contribution in [0, 0.1) is 29.1 Å². The predicted molar refractivity (Wildman–Crippen MR) is 165 cm³/mol. The Morgan fingerprint density at radius 1 is 0.927 bits per heavy atom. The van der Waals surface area contributed by atoms with Gasteiger partial charge < -0.3 is 10.3 Å². The SMILES string of the molecule is CC12C[C@@H]3CC(C[C@@H](C3)C1)C2/C=C\C(=O)c1ccc2nc(-c3ccc(C(=O)Nc4ccc(Cl)c(Cl)c4)cc3)[nH]c2c1. The van der Waals surface area contributed by atoms with E-state index in [1.165, 1.54) is 32.1 Å². The van der Waals surface area contributed by atoms with Gasteiger partial charge in [0, 0.05) is 22.4 Å². The first kappa shape index (κ1) is 26.5. The number of amides is 1. The number of hydrogen-bond donors (Lipinski definition) is 2. The minimum Gasteiger partial charge on any atom is -0.338 e. The molecule has 0 saturated heterocycles. The summed E-state index contributed by atoms with van der Waals surface area (Å²) in [5, 5.41) is 3.64. The highest BCUT2D eigenvalue weighted by atomic mass is 35.5. The second-order valence-corrected chi connectivity index (χ2v) is 13.3. The third-order valence-electron chi connectivity index (χ3n) is 9.58. The molecule has 3 aromatic carbocycles. The molecule has 0 spiro atoms. The summed E-state index contributed by atoms with van der Waals surface area (Å²) in [4.78, 5) is 34.0. The van der Waals surface area contributed by atoms with Crippen molar-refractivity contribution < 1.29 is 9.59 Å². The van der Waals surface area contributed by atoms with Gasteiger partial charge in [0.05, 0.1) is 21.1 Å². The Labute approximate surface area is 249 Å². The van der Waals surface area contributed by atoms with Gasteiger partial charge in [-0.15, -0.1) is 0 Å². The van der Waals surface area contributed by atoms with Crippen LogP contribution in [0.5, 0.6) is 0 Å². The molecule has 41 heavy (non-hydrogen) atoms. The Kier molecular flexibility index (Phi) is 6.55. The number of hydrogen-bond acceptors (Lipinski definition) is 3. The van der Waals surface area contributed by atoms with E-state index in [1.807, 2.05) is 36.4 Å². The molecular formula is C34H31Cl2N3O2. The van der Waals surface area contributed by atoms with Gasteiger partial charge in [0.1, 0.15) is 5.82 Å². The van der Waals surface area contributed by atoms with Gasteiger partial charge in [-0.2, -0.15) is 0 Å². The zero-order chi connectivity index (χ0) is 28.3. The van der Waals surface area contributed by atoms with E-state index in [9.17, 15) is 9.59 Å². The normalized spacial score (nSPS) is 26.6. The molecule has 5 atom stereocenters. The van der Waals surface area contributed by atoms with Crippen LogP contribution in [0.2, 0.25) is 10.0 Å². The molecule has 1 heterocycles. The summed E-state index contributed by atoms with van der Waals surface area (Å²) in [6.07, 6.45) is 10.8. The minimum atomic E-state index is -0.251. The zero-order valence-corrected chi connectivity index (χ0v) is 24.3. The number of fused-ring (bicyclic) bond motifs is 1. The van der Waals surface area contributed by atoms with Gasteiger partial charge in [0.2, 0.25) is 0 Å². The van der Waals surface area contributed by atoms with Crippen LogP contribution < -0.4 is 5.32 Å². The molecule has 8 rings (SSSR count). The predicted octanol–water partition coefficient (Wildman–Crippen LogP) is 8.99. The number of H-pyrrole nitrogens is 1. The summed E-state index contributed by atoms with van der Waals surface area (Å²) < 4.78 is 0. The molecule has 5 nitrogen and oxygen atoms in total. The van der Waals surface area contributed by atoms with E-state index in [-0.39, 0.29) is 11.7 Å². The largest absolute Gasteiger partial charge is 0.338 e. The molecule has 4 saturated carbocycles. The Hall–Kier alpha value is -3.41. The van der Waals surface area contributed by atoms with E-state index in [0.29, 0.717) is 44.0 Å². The lowest BCUT2D eigenvalue weighted by Crippen LogP contribution is -2.50. The molecule has 3 unspecified atom stereocenters. The Morgan fingerprint density at radius 2 is 1.66 bits per heavy atom. The van der Waals surface area contributed by atoms with Crippen LogP contribution in [0.4, 0.5) is 5.69 Å². The Balaban J connectivity index is 1.05. The number of nitrogens with one attached hydrogen (secondary N) is 2. The van der Waals surface area contributed by atoms with Gasteiger partial charge >= 0.3 is 0 Å². The summed E-state index contributed by atoms with van der Waals surface area (Å²) in [7, 11) is 0. The molecule has 4 aliphatic carbocycles. The number of ketones is 1. The topological polar surface area (TPSA) is 74.8 Å². The third kappa shape index (κ3) is 5.00. The van der Waals surface area contributed by atoms with E-state index in [2.05, 4.69) is 23.3 Å². The molecule has 4 bridgehead atoms. The van der Waals surface area contributed by atoms with Gasteiger partial charge in [0.25, 0.3) is 5.91 Å². The van der Waals surface area contributed by atoms with Crippen molar-refractivity contribution in [1.29, 1.82) is 0 Å². The van der Waals surface area contributed by atoms with Gasteiger partial charge in [-0.25, -0.2) is 4.98 Å². The number of aromatic nitrogens is 2. The van der Waals surface area contributed by atoms with Crippen LogP contribution in [0.25, 0.3) is 22.4 Å². The molecule has 7 heteroatoms. The highest BCUT2D eigenvalue weighted by molar-refractivity contribution is 6.42. The van der Waals surface area contributed by atoms with Gasteiger partial charge in [0.15, 0.2) is 5.78 Å². The fraction of sp³-hybridized carbons (Fsp3) is 0.324. The molecule has 0 radical (unpaired) electrons. The lowest BCUT2D eigenvalue weighted by molar-refractivity contribution is -0.0785. The quantitative estimate of drug-likeness (QED) is 0.175. The highest BCUT2D eigenvalue weighted by Crippen LogP contribution is 2.63. The van der Waals surface area contributed by atoms with Crippen molar-refractivity contribution in [3.63, 3.8) is 0 Å². The maximum absolute atomic E-state index is 13.2. The monoisotopic (exact) mass is 583 g/mol. The molecule has 4 fully saturated rings. The Bertz CT molecular complexity index is 1690. The molecule has 1 aromatic heterocycles. The highest BCUT2D eigenvalue weighted by Gasteiger charge is 2.53. The van der Waals surface area contributed by atoms with Crippen LogP contribution in [-0.2, 0) is 0 Å². The summed E-state index contributed by atoms with van der Waals surface area (Å²) in [6.45, 7) is 2.45. The maximum atomic E-state index is 13.2. The zero-order valence-electron chi connectivity index (χ0n) is 22.8. The third-order valence-corrected chi connectivity index (χ3v) is 10.3. The number of aromatic amines is 1. The van der Waals surface area contributed by atoms with Crippen molar-refractivity contribution in [2.75, 3.05) is 5.32 Å². The first-order valence-corrected chi connectivity index (χ1v) is 15.1. The van der Waals surface area contributed by atoms with E-state index in [4.69, 9.17) is 28.2 Å². The Morgan fingerprint density at radius 3 is 2.37 bits per heavy atom. The molecule has 0 aliphatic heterocycles. The molecule has 4 aliphatic rings. The number of imidazole rings is 1. The number of carbonyl (C=O) groups excluding carboxylic acids is 2. The van der Waals surface area contributed by atoms with Crippen molar-refractivity contribution in [3.05, 3.63) is 94.0 Å². The van der Waals surface area contributed by atoms with Gasteiger partial charge in [-0.3, -0.25) is 9.59 Å². The summed E-state index contributed by atoms with van der Waals surface area (Å²) in [5.41, 5.74) is 4.52. The smallest absolute Gasteiger partial charge is 0.255 e. The first-order valence-electron chi connectivity index (χ1n) is 14.3. The van der Waals surface area contributed by atoms with Crippen molar-refractivity contribution in [1.82, 2.24) is 9.97 Å². The number of anilines is 1. The van der Waals surface area contributed by atoms with E-state index in [0.717, 1.165) is 34.4 Å². The van der Waals surface area contributed by atoms with Gasteiger partial charge in [-0.05, 0) is 116 Å². The van der Waals surface area contributed by atoms with Crippen molar-refractivity contribution in [2.45, 2.75) is 39.0 Å². The molecule has 208 valence electrons. The van der Waals surface area contributed by atoms with Crippen molar-refractivity contribution in [3.8, 4) is 11.4 Å². The fourth-order valence-electron chi connectivity index (χ4n) is 8.02. The molecular weight excluding hydrogens is 553 g/mol. The molecule has 1 amide bonds. The van der Waals surface area contributed by atoms with E-state index in [1.54, 1.807) is 30.3 Å². The fourth-order valence-corrected chi connectivity index (χ4v) is 8.32. The van der Waals surface area contributed by atoms with E-state index >= 15 is 0 Å². The number of allylic oxidation sites excluding steroid dienone is 2. The second kappa shape index (κ2) is 10.1. The van der Waals surface area contributed by atoms with Crippen LogP contribution in [0.15, 0.2) is 72.8 Å². The van der Waals surface area contributed by atoms with Crippen LogP contribution >= 0.6 is 23.2 Å². The first-order chi connectivity index (χ1) is 19.7. The maximum Gasteiger partial charge on any atom is 0.255 e. The lowest BCUT2D eigenvalue weighted by Gasteiger charge is -2.59. The number of carbonyl (C=O) groups is 2. The minimum absolute atomic E-state index is 0.0396. The summed E-state index contributed by atoms with van der Waals surface area (Å²) in [6, 6.07) is 17.8.